The van der Waals surface area contributed by atoms with E-state index >= 15 is 0 Å². The largest absolute Gasteiger partial charge is 0.483 e. The van der Waals surface area contributed by atoms with E-state index in [9.17, 15) is 20.0 Å². The van der Waals surface area contributed by atoms with Crippen LogP contribution in [0.4, 0.5) is 5.69 Å². The fourth-order valence-electron chi connectivity index (χ4n) is 1.59. The summed E-state index contributed by atoms with van der Waals surface area (Å²) < 4.78 is 5.32. The van der Waals surface area contributed by atoms with Crippen LogP contribution in [0.15, 0.2) is 18.2 Å². The topological polar surface area (TPSA) is 102 Å². The van der Waals surface area contributed by atoms with Crippen molar-refractivity contribution in [3.8, 4) is 5.75 Å². The maximum Gasteiger partial charge on any atom is 0.270 e. The Morgan fingerprint density at radius 2 is 2.14 bits per heavy atom. The van der Waals surface area contributed by atoms with Crippen molar-refractivity contribution in [2.24, 2.45) is 0 Å². The molecular weight excluding hydrogens is 276 g/mol. The highest BCUT2D eigenvalue weighted by molar-refractivity contribution is 5.78. The zero-order valence-corrected chi connectivity index (χ0v) is 12.4. The molecule has 0 heterocycles. The number of non-ortho nitro benzene ring substituents is 1. The summed E-state index contributed by atoms with van der Waals surface area (Å²) in [5.41, 5.74) is -0.190. The van der Waals surface area contributed by atoms with E-state index in [0.29, 0.717) is 0 Å². The first-order valence-corrected chi connectivity index (χ1v) is 6.61. The Hall–Kier alpha value is -2.15. The molecule has 0 saturated carbocycles. The molecule has 0 aliphatic rings. The minimum Gasteiger partial charge on any atom is -0.483 e. The second-order valence-electron chi connectivity index (χ2n) is 5.28. The van der Waals surface area contributed by atoms with Crippen LogP contribution in [0.1, 0.15) is 32.8 Å². The average molecular weight is 296 g/mol. The third-order valence-electron chi connectivity index (χ3n) is 3.15. The van der Waals surface area contributed by atoms with Crippen molar-refractivity contribution in [3.63, 3.8) is 0 Å². The summed E-state index contributed by atoms with van der Waals surface area (Å²) in [7, 11) is 0. The first-order valence-electron chi connectivity index (χ1n) is 6.61. The number of hydrogen-bond donors (Lipinski definition) is 2. The number of nitrogens with zero attached hydrogens (tertiary/aromatic N) is 1. The Kier molecular flexibility index (Phi) is 5.66. The summed E-state index contributed by atoms with van der Waals surface area (Å²) in [6, 6.07) is 3.87. The van der Waals surface area contributed by atoms with Crippen LogP contribution in [0.25, 0.3) is 0 Å². The van der Waals surface area contributed by atoms with Gasteiger partial charge in [-0.15, -0.1) is 0 Å². The summed E-state index contributed by atoms with van der Waals surface area (Å²) in [6.07, 6.45) is 0.776. The van der Waals surface area contributed by atoms with Crippen molar-refractivity contribution in [2.75, 3.05) is 6.61 Å². The van der Waals surface area contributed by atoms with E-state index in [1.807, 2.05) is 20.8 Å². The SMILES string of the molecule is CCC(C)(C)NC(=O)COc1ccc([N+](=O)[O-])cc1CO. The molecule has 116 valence electrons. The Labute approximate surface area is 123 Å². The molecule has 21 heavy (non-hydrogen) atoms. The van der Waals surface area contributed by atoms with Crippen LogP contribution in [0.5, 0.6) is 5.75 Å². The van der Waals surface area contributed by atoms with Crippen LogP contribution in [-0.4, -0.2) is 28.1 Å². The number of aliphatic hydroxyl groups excluding tert-OH is 1. The highest BCUT2D eigenvalue weighted by Gasteiger charge is 2.18. The number of aliphatic hydroxyl groups is 1. The number of amides is 1. The molecule has 2 N–H and O–H groups in total. The monoisotopic (exact) mass is 296 g/mol. The van der Waals surface area contributed by atoms with Gasteiger partial charge < -0.3 is 15.2 Å². The number of carbonyl (C=O) groups excluding carboxylic acids is 1. The molecule has 1 amide bonds. The normalized spacial score (nSPS) is 11.0. The molecule has 0 fully saturated rings. The Morgan fingerprint density at radius 1 is 1.48 bits per heavy atom. The third-order valence-corrected chi connectivity index (χ3v) is 3.15. The lowest BCUT2D eigenvalue weighted by Gasteiger charge is -2.24. The Morgan fingerprint density at radius 3 is 2.67 bits per heavy atom. The van der Waals surface area contributed by atoms with E-state index in [1.165, 1.54) is 18.2 Å². The number of benzene rings is 1. The molecule has 0 unspecified atom stereocenters. The number of nitro benzene ring substituents is 1. The molecule has 7 heteroatoms. The lowest BCUT2D eigenvalue weighted by atomic mass is 10.0. The molecule has 0 aliphatic heterocycles. The predicted molar refractivity (Wildman–Crippen MR) is 77.0 cm³/mol. The molecule has 0 radical (unpaired) electrons. The highest BCUT2D eigenvalue weighted by atomic mass is 16.6. The van der Waals surface area contributed by atoms with Gasteiger partial charge in [0.25, 0.3) is 11.6 Å². The van der Waals surface area contributed by atoms with Gasteiger partial charge >= 0.3 is 0 Å². The minimum absolute atomic E-state index is 0.136. The van der Waals surface area contributed by atoms with E-state index in [4.69, 9.17) is 4.74 Å². The number of nitrogens with one attached hydrogen (secondary N) is 1. The lowest BCUT2D eigenvalue weighted by Crippen LogP contribution is -2.44. The average Bonchev–Trinajstić information content (AvgIpc) is 2.44. The van der Waals surface area contributed by atoms with Gasteiger partial charge in [0.15, 0.2) is 6.61 Å². The van der Waals surface area contributed by atoms with E-state index in [0.717, 1.165) is 6.42 Å². The predicted octanol–water partition coefficient (Wildman–Crippen LogP) is 1.77. The maximum atomic E-state index is 11.8. The van der Waals surface area contributed by atoms with Crippen molar-refractivity contribution in [2.45, 2.75) is 39.3 Å². The second kappa shape index (κ2) is 7.03. The van der Waals surface area contributed by atoms with E-state index in [2.05, 4.69) is 5.32 Å². The van der Waals surface area contributed by atoms with Crippen molar-refractivity contribution >= 4 is 11.6 Å². The lowest BCUT2D eigenvalue weighted by molar-refractivity contribution is -0.385. The van der Waals surface area contributed by atoms with Gasteiger partial charge in [-0.3, -0.25) is 14.9 Å². The molecule has 1 aromatic carbocycles. The first kappa shape index (κ1) is 16.9. The van der Waals surface area contributed by atoms with E-state index < -0.39 is 11.5 Å². The zero-order chi connectivity index (χ0) is 16.0. The van der Waals surface area contributed by atoms with Gasteiger partial charge in [-0.1, -0.05) is 6.92 Å². The Balaban J connectivity index is 2.71. The summed E-state index contributed by atoms with van der Waals surface area (Å²) in [6.45, 7) is 5.14. The standard InChI is InChI=1S/C14H20N2O5/c1-4-14(2,3)15-13(18)9-21-12-6-5-11(16(19)20)7-10(12)8-17/h5-7,17H,4,8-9H2,1-3H3,(H,15,18). The molecule has 0 aromatic heterocycles. The molecule has 0 bridgehead atoms. The number of carbonyl (C=O) groups is 1. The molecule has 0 saturated heterocycles. The molecule has 1 rings (SSSR count). The minimum atomic E-state index is -0.556. The molecule has 0 aliphatic carbocycles. The van der Waals surface area contributed by atoms with Gasteiger partial charge in [0.1, 0.15) is 5.75 Å². The number of nitro groups is 1. The van der Waals surface area contributed by atoms with Gasteiger partial charge in [0.05, 0.1) is 11.5 Å². The summed E-state index contributed by atoms with van der Waals surface area (Å²) in [5, 5.41) is 22.7. The van der Waals surface area contributed by atoms with Crippen LogP contribution < -0.4 is 10.1 Å². The molecule has 0 spiro atoms. The summed E-state index contributed by atoms with van der Waals surface area (Å²) in [5.74, 6) is -0.0309. The van der Waals surface area contributed by atoms with Crippen molar-refractivity contribution in [1.29, 1.82) is 0 Å². The van der Waals surface area contributed by atoms with Gasteiger partial charge in [-0.05, 0) is 26.3 Å². The molecule has 0 atom stereocenters. The zero-order valence-electron chi connectivity index (χ0n) is 12.4. The van der Waals surface area contributed by atoms with Gasteiger partial charge in [-0.25, -0.2) is 0 Å². The fraction of sp³-hybridized carbons (Fsp3) is 0.500. The van der Waals surface area contributed by atoms with Gasteiger partial charge in [0, 0.05) is 23.2 Å². The van der Waals surface area contributed by atoms with Crippen LogP contribution in [0, 0.1) is 10.1 Å². The Bertz CT molecular complexity index is 528. The smallest absolute Gasteiger partial charge is 0.270 e. The van der Waals surface area contributed by atoms with Crippen LogP contribution in [0.3, 0.4) is 0 Å². The van der Waals surface area contributed by atoms with Crippen molar-refractivity contribution in [3.05, 3.63) is 33.9 Å². The number of ether oxygens (including phenoxy) is 1. The third kappa shape index (κ3) is 5.03. The second-order valence-corrected chi connectivity index (χ2v) is 5.28. The van der Waals surface area contributed by atoms with Crippen LogP contribution in [-0.2, 0) is 11.4 Å². The first-order chi connectivity index (χ1) is 9.79. The highest BCUT2D eigenvalue weighted by Crippen LogP contribution is 2.24. The van der Waals surface area contributed by atoms with Gasteiger partial charge in [-0.2, -0.15) is 0 Å². The fourth-order valence-corrected chi connectivity index (χ4v) is 1.59. The number of hydrogen-bond acceptors (Lipinski definition) is 5. The van der Waals surface area contributed by atoms with Crippen LogP contribution in [0.2, 0.25) is 0 Å². The van der Waals surface area contributed by atoms with Crippen molar-refractivity contribution < 1.29 is 19.6 Å². The molecular formula is C14H20N2O5. The maximum absolute atomic E-state index is 11.8. The van der Waals surface area contributed by atoms with E-state index in [1.54, 1.807) is 0 Å². The van der Waals surface area contributed by atoms with Gasteiger partial charge in [0.2, 0.25) is 0 Å². The van der Waals surface area contributed by atoms with E-state index in [-0.39, 0.29) is 35.1 Å². The number of rotatable bonds is 7. The summed E-state index contributed by atoms with van der Waals surface area (Å²) >= 11 is 0. The summed E-state index contributed by atoms with van der Waals surface area (Å²) in [4.78, 5) is 21.9. The molecule has 7 nitrogen and oxygen atoms in total. The van der Waals surface area contributed by atoms with Crippen molar-refractivity contribution in [1.82, 2.24) is 5.32 Å². The van der Waals surface area contributed by atoms with Crippen LogP contribution >= 0.6 is 0 Å². The quantitative estimate of drug-likeness (QED) is 0.590. The molecule has 1 aromatic rings.